The summed E-state index contributed by atoms with van der Waals surface area (Å²) in [4.78, 5) is 2.65. The number of halogens is 1. The highest BCUT2D eigenvalue weighted by Gasteiger charge is 2.21. The van der Waals surface area contributed by atoms with E-state index in [4.69, 9.17) is 10.3 Å². The summed E-state index contributed by atoms with van der Waals surface area (Å²) < 4.78 is 18.1. The van der Waals surface area contributed by atoms with E-state index in [-0.39, 0.29) is 0 Å². The molecule has 0 spiro atoms. The van der Waals surface area contributed by atoms with E-state index in [1.54, 1.807) is 11.8 Å². The molecule has 0 N–H and O–H groups in total. The second-order valence-electron chi connectivity index (χ2n) is 3.76. The van der Waals surface area contributed by atoms with Gasteiger partial charge in [-0.1, -0.05) is 29.4 Å². The third-order valence-electron chi connectivity index (χ3n) is 2.58. The van der Waals surface area contributed by atoms with E-state index in [1.165, 1.54) is 12.7 Å². The number of thioether (sulfide) groups is 1. The first-order valence-corrected chi connectivity index (χ1v) is 6.87. The number of hydrogen-bond donors (Lipinski definition) is 0. The molecule has 98 valence electrons. The third kappa shape index (κ3) is 3.91. The average Bonchev–Trinajstić information content (AvgIpc) is 2.40. The summed E-state index contributed by atoms with van der Waals surface area (Å²) in [5.74, 6) is 0.931. The number of hydrogen-bond acceptors (Lipinski definition) is 3. The smallest absolute Gasteiger partial charge is 0.101 e. The number of benzene rings is 1. The van der Waals surface area contributed by atoms with Crippen LogP contribution in [-0.4, -0.2) is 26.1 Å². The van der Waals surface area contributed by atoms with Crippen molar-refractivity contribution in [2.75, 3.05) is 20.0 Å². The minimum atomic E-state index is -0.827. The van der Waals surface area contributed by atoms with E-state index in [9.17, 15) is 4.39 Å². The van der Waals surface area contributed by atoms with Crippen molar-refractivity contribution >= 4 is 11.8 Å². The molecule has 18 heavy (non-hydrogen) atoms. The van der Waals surface area contributed by atoms with Crippen LogP contribution in [0.25, 0.3) is 10.4 Å². The van der Waals surface area contributed by atoms with E-state index in [1.807, 2.05) is 30.5 Å². The largest absolute Gasteiger partial charge is 0.376 e. The fourth-order valence-electron chi connectivity index (χ4n) is 1.72. The highest BCUT2D eigenvalue weighted by Crippen LogP contribution is 2.24. The maximum absolute atomic E-state index is 12.8. The number of azide groups is 1. The van der Waals surface area contributed by atoms with Crippen molar-refractivity contribution < 1.29 is 9.13 Å². The molecule has 1 aromatic carbocycles. The lowest BCUT2D eigenvalue weighted by molar-refractivity contribution is 0.0722. The normalized spacial score (nSPS) is 13.7. The van der Waals surface area contributed by atoms with Crippen LogP contribution in [0.5, 0.6) is 0 Å². The molecule has 0 bridgehead atoms. The summed E-state index contributed by atoms with van der Waals surface area (Å²) in [6.07, 6.45) is 1.49. The van der Waals surface area contributed by atoms with Crippen LogP contribution in [0.15, 0.2) is 29.4 Å². The van der Waals surface area contributed by atoms with E-state index in [2.05, 4.69) is 10.0 Å². The van der Waals surface area contributed by atoms with Gasteiger partial charge in [0.05, 0.1) is 12.1 Å². The monoisotopic (exact) mass is 269 g/mol. The zero-order chi connectivity index (χ0) is 13.4. The summed E-state index contributed by atoms with van der Waals surface area (Å²) in [5.41, 5.74) is 10.4. The van der Waals surface area contributed by atoms with Gasteiger partial charge in [0.15, 0.2) is 0 Å². The maximum Gasteiger partial charge on any atom is 0.101 e. The zero-order valence-corrected chi connectivity index (χ0v) is 11.2. The van der Waals surface area contributed by atoms with E-state index in [0.717, 1.165) is 11.3 Å². The minimum absolute atomic E-state index is 0.547. The summed E-state index contributed by atoms with van der Waals surface area (Å²) >= 11 is 1.74. The van der Waals surface area contributed by atoms with Gasteiger partial charge in [0.1, 0.15) is 6.67 Å². The minimum Gasteiger partial charge on any atom is -0.376 e. The maximum atomic E-state index is 12.8. The molecular weight excluding hydrogens is 253 g/mol. The molecule has 0 saturated heterocycles. The van der Waals surface area contributed by atoms with Crippen LogP contribution in [0, 0.1) is 0 Å². The summed E-state index contributed by atoms with van der Waals surface area (Å²) in [6.45, 7) is -0.741. The van der Waals surface area contributed by atoms with Crippen LogP contribution in [0.2, 0.25) is 0 Å². The molecule has 1 aromatic rings. The molecule has 0 radical (unpaired) electrons. The Labute approximate surface area is 110 Å². The predicted molar refractivity (Wildman–Crippen MR) is 72.3 cm³/mol. The Morgan fingerprint density at radius 1 is 1.44 bits per heavy atom. The summed E-state index contributed by atoms with van der Waals surface area (Å²) in [6, 6.07) is 6.89. The van der Waals surface area contributed by atoms with Crippen molar-refractivity contribution in [2.24, 2.45) is 5.11 Å². The van der Waals surface area contributed by atoms with Crippen LogP contribution in [-0.2, 0) is 10.5 Å². The fourth-order valence-corrected chi connectivity index (χ4v) is 2.25. The van der Waals surface area contributed by atoms with Crippen LogP contribution in [0.3, 0.4) is 0 Å². The fraction of sp³-hybridized carbons (Fsp3) is 0.500. The molecule has 0 aliphatic carbocycles. The molecule has 0 aliphatic heterocycles. The molecule has 1 rings (SSSR count). The van der Waals surface area contributed by atoms with Crippen LogP contribution >= 0.6 is 11.8 Å². The molecule has 0 saturated carbocycles. The molecule has 6 heteroatoms. The number of ether oxygens (including phenoxy) is 1. The summed E-state index contributed by atoms with van der Waals surface area (Å²) in [5, 5.41) is 3.43. The van der Waals surface area contributed by atoms with Gasteiger partial charge < -0.3 is 4.74 Å². The molecule has 4 nitrogen and oxygen atoms in total. The Hall–Kier alpha value is -1.23. The van der Waals surface area contributed by atoms with Crippen LogP contribution in [0.4, 0.5) is 4.39 Å². The zero-order valence-electron chi connectivity index (χ0n) is 10.4. The Balaban J connectivity index is 2.90. The van der Waals surface area contributed by atoms with Gasteiger partial charge in [-0.3, -0.25) is 4.39 Å². The van der Waals surface area contributed by atoms with Gasteiger partial charge in [0, 0.05) is 17.8 Å². The van der Waals surface area contributed by atoms with Crippen molar-refractivity contribution in [3.8, 4) is 0 Å². The standard InChI is InChI=1S/C12H16FN3OS/c1-17-12(11(7-13)15-16-14)10-5-3-9(4-6-10)8-18-2/h3-6,11-12H,7-8H2,1-2H3/t11-,12-/m1/s1. The molecule has 0 unspecified atom stereocenters. The quantitative estimate of drug-likeness (QED) is 0.428. The second-order valence-corrected chi connectivity index (χ2v) is 4.62. The number of nitrogens with zero attached hydrogens (tertiary/aromatic N) is 3. The molecule has 0 heterocycles. The first-order valence-electron chi connectivity index (χ1n) is 5.47. The first kappa shape index (κ1) is 14.8. The predicted octanol–water partition coefficient (Wildman–Crippen LogP) is 3.89. The average molecular weight is 269 g/mol. The van der Waals surface area contributed by atoms with E-state index < -0.39 is 18.8 Å². The van der Waals surface area contributed by atoms with Gasteiger partial charge in [-0.25, -0.2) is 0 Å². The molecule has 0 aliphatic rings. The van der Waals surface area contributed by atoms with Gasteiger partial charge in [0.2, 0.25) is 0 Å². The molecular formula is C12H16FN3OS. The number of alkyl halides is 1. The van der Waals surface area contributed by atoms with Gasteiger partial charge in [0.25, 0.3) is 0 Å². The van der Waals surface area contributed by atoms with Gasteiger partial charge >= 0.3 is 0 Å². The highest BCUT2D eigenvalue weighted by atomic mass is 32.2. The Morgan fingerprint density at radius 2 is 2.11 bits per heavy atom. The Bertz CT molecular complexity index is 406. The van der Waals surface area contributed by atoms with Gasteiger partial charge in [-0.2, -0.15) is 11.8 Å². The number of rotatable bonds is 7. The lowest BCUT2D eigenvalue weighted by Crippen LogP contribution is -2.20. The highest BCUT2D eigenvalue weighted by molar-refractivity contribution is 7.97. The molecule has 0 aromatic heterocycles. The van der Waals surface area contributed by atoms with Gasteiger partial charge in [-0.15, -0.1) is 0 Å². The topological polar surface area (TPSA) is 58.0 Å². The summed E-state index contributed by atoms with van der Waals surface area (Å²) in [7, 11) is 1.48. The van der Waals surface area contributed by atoms with Crippen molar-refractivity contribution in [3.05, 3.63) is 45.8 Å². The van der Waals surface area contributed by atoms with Crippen LogP contribution < -0.4 is 0 Å². The molecule has 0 fully saturated rings. The van der Waals surface area contributed by atoms with Crippen LogP contribution in [0.1, 0.15) is 17.2 Å². The lowest BCUT2D eigenvalue weighted by atomic mass is 10.0. The van der Waals surface area contributed by atoms with Crippen molar-refractivity contribution in [3.63, 3.8) is 0 Å². The lowest BCUT2D eigenvalue weighted by Gasteiger charge is -2.20. The second kappa shape index (κ2) is 7.97. The number of methoxy groups -OCH3 is 1. The SMILES string of the molecule is CO[C@H](c1ccc(CSC)cc1)[C@@H](CF)N=[N+]=[N-]. The third-order valence-corrected chi connectivity index (χ3v) is 3.20. The Kier molecular flexibility index (Phi) is 6.57. The van der Waals surface area contributed by atoms with E-state index in [0.29, 0.717) is 0 Å². The van der Waals surface area contributed by atoms with Crippen molar-refractivity contribution in [1.29, 1.82) is 0 Å². The van der Waals surface area contributed by atoms with Crippen molar-refractivity contribution in [1.82, 2.24) is 0 Å². The van der Waals surface area contributed by atoms with Crippen molar-refractivity contribution in [2.45, 2.75) is 17.9 Å². The Morgan fingerprint density at radius 3 is 2.56 bits per heavy atom. The van der Waals surface area contributed by atoms with E-state index >= 15 is 0 Å². The molecule has 0 amide bonds. The van der Waals surface area contributed by atoms with Gasteiger partial charge in [-0.05, 0) is 22.9 Å². The first-order chi connectivity index (χ1) is 8.76. The molecule has 2 atom stereocenters.